The maximum Gasteiger partial charge on any atom is 0.573 e. The summed E-state index contributed by atoms with van der Waals surface area (Å²) >= 11 is 0. The molecular formula is C19H14F3N5O2. The topological polar surface area (TPSA) is 74.8 Å². The van der Waals surface area contributed by atoms with E-state index in [1.807, 2.05) is 37.3 Å². The average molecular weight is 401 g/mol. The van der Waals surface area contributed by atoms with Crippen LogP contribution in [0.5, 0.6) is 5.75 Å². The molecule has 0 saturated carbocycles. The molecule has 29 heavy (non-hydrogen) atoms. The third-order valence-electron chi connectivity index (χ3n) is 4.40. The Hall–Kier alpha value is -3.69. The van der Waals surface area contributed by atoms with Crippen molar-refractivity contribution >= 4 is 11.2 Å². The summed E-state index contributed by atoms with van der Waals surface area (Å²) in [6, 6.07) is 14.2. The quantitative estimate of drug-likeness (QED) is 0.523. The van der Waals surface area contributed by atoms with Gasteiger partial charge in [0.1, 0.15) is 12.1 Å². The van der Waals surface area contributed by atoms with Crippen LogP contribution in [0.25, 0.3) is 16.9 Å². The van der Waals surface area contributed by atoms with Crippen LogP contribution in [0.4, 0.5) is 13.2 Å². The molecule has 0 aliphatic heterocycles. The molecule has 0 N–H and O–H groups in total. The van der Waals surface area contributed by atoms with Crippen molar-refractivity contribution in [2.75, 3.05) is 0 Å². The van der Waals surface area contributed by atoms with Gasteiger partial charge in [0.05, 0.1) is 11.7 Å². The van der Waals surface area contributed by atoms with E-state index in [2.05, 4.69) is 20.0 Å². The molecule has 7 nitrogen and oxygen atoms in total. The molecule has 148 valence electrons. The summed E-state index contributed by atoms with van der Waals surface area (Å²) in [4.78, 5) is 17.2. The first-order valence-corrected chi connectivity index (χ1v) is 8.57. The first-order valence-electron chi connectivity index (χ1n) is 8.57. The van der Waals surface area contributed by atoms with Gasteiger partial charge in [-0.05, 0) is 36.8 Å². The van der Waals surface area contributed by atoms with Crippen LogP contribution in [0.15, 0.2) is 65.7 Å². The molecule has 0 radical (unpaired) electrons. The second kappa shape index (κ2) is 7.04. The van der Waals surface area contributed by atoms with Crippen molar-refractivity contribution in [2.24, 2.45) is 0 Å². The fourth-order valence-corrected chi connectivity index (χ4v) is 2.95. The fourth-order valence-electron chi connectivity index (χ4n) is 2.95. The predicted octanol–water partition coefficient (Wildman–Crippen LogP) is 3.49. The van der Waals surface area contributed by atoms with E-state index in [0.29, 0.717) is 5.69 Å². The molecule has 2 aromatic carbocycles. The van der Waals surface area contributed by atoms with Gasteiger partial charge in [0, 0.05) is 0 Å². The van der Waals surface area contributed by atoms with Crippen LogP contribution < -0.4 is 10.3 Å². The molecule has 0 saturated heterocycles. The molecule has 4 aromatic rings. The second-order valence-corrected chi connectivity index (χ2v) is 6.26. The minimum Gasteiger partial charge on any atom is -0.406 e. The highest BCUT2D eigenvalue weighted by molar-refractivity contribution is 5.70. The van der Waals surface area contributed by atoms with Gasteiger partial charge in [0.25, 0.3) is 5.56 Å². The van der Waals surface area contributed by atoms with Gasteiger partial charge in [-0.1, -0.05) is 35.5 Å². The van der Waals surface area contributed by atoms with Crippen LogP contribution in [-0.4, -0.2) is 30.9 Å². The Labute approximate surface area is 162 Å². The molecule has 0 aliphatic carbocycles. The zero-order valence-electron chi connectivity index (χ0n) is 15.0. The largest absolute Gasteiger partial charge is 0.573 e. The molecule has 2 heterocycles. The van der Waals surface area contributed by atoms with Gasteiger partial charge in [-0.2, -0.15) is 4.68 Å². The zero-order valence-corrected chi connectivity index (χ0v) is 15.0. The van der Waals surface area contributed by atoms with E-state index in [9.17, 15) is 18.0 Å². The first kappa shape index (κ1) is 18.7. The molecule has 0 fully saturated rings. The number of ether oxygens (including phenoxy) is 1. The van der Waals surface area contributed by atoms with E-state index in [4.69, 9.17) is 0 Å². The standard InChI is InChI=1S/C19H14F3N5O2/c1-12(13-5-3-2-4-6-13)26-11-23-17-16(18(26)28)24-25-27(17)14-7-9-15(10-8-14)29-19(20,21)22/h2-12H,1H3/t12-/m1/s1. The number of alkyl halides is 3. The van der Waals surface area contributed by atoms with E-state index in [-0.39, 0.29) is 28.5 Å². The van der Waals surface area contributed by atoms with Crippen molar-refractivity contribution in [3.05, 3.63) is 76.8 Å². The van der Waals surface area contributed by atoms with Crippen LogP contribution in [0.1, 0.15) is 18.5 Å². The Morgan fingerprint density at radius 3 is 2.38 bits per heavy atom. The van der Waals surface area contributed by atoms with Gasteiger partial charge in [0.15, 0.2) is 11.2 Å². The molecule has 0 spiro atoms. The van der Waals surface area contributed by atoms with E-state index in [1.165, 1.54) is 27.7 Å². The van der Waals surface area contributed by atoms with Crippen molar-refractivity contribution in [3.8, 4) is 11.4 Å². The Morgan fingerprint density at radius 2 is 1.72 bits per heavy atom. The van der Waals surface area contributed by atoms with Crippen molar-refractivity contribution < 1.29 is 17.9 Å². The highest BCUT2D eigenvalue weighted by Crippen LogP contribution is 2.24. The second-order valence-electron chi connectivity index (χ2n) is 6.26. The predicted molar refractivity (Wildman–Crippen MR) is 97.9 cm³/mol. The lowest BCUT2D eigenvalue weighted by atomic mass is 10.1. The third kappa shape index (κ3) is 3.68. The van der Waals surface area contributed by atoms with Crippen LogP contribution in [0.2, 0.25) is 0 Å². The number of halogens is 3. The molecule has 0 bridgehead atoms. The van der Waals surface area contributed by atoms with E-state index in [0.717, 1.165) is 17.7 Å². The Morgan fingerprint density at radius 1 is 1.03 bits per heavy atom. The highest BCUT2D eigenvalue weighted by Gasteiger charge is 2.31. The fraction of sp³-hybridized carbons (Fsp3) is 0.158. The minimum atomic E-state index is -4.77. The van der Waals surface area contributed by atoms with Gasteiger partial charge >= 0.3 is 6.36 Å². The molecular weight excluding hydrogens is 387 g/mol. The minimum absolute atomic E-state index is 0.0610. The lowest BCUT2D eigenvalue weighted by Crippen LogP contribution is -2.24. The first-order chi connectivity index (χ1) is 13.8. The van der Waals surface area contributed by atoms with E-state index < -0.39 is 6.36 Å². The number of hydrogen-bond acceptors (Lipinski definition) is 5. The number of rotatable bonds is 4. The van der Waals surface area contributed by atoms with Gasteiger partial charge in [-0.3, -0.25) is 9.36 Å². The summed E-state index contributed by atoms with van der Waals surface area (Å²) in [5, 5.41) is 7.85. The summed E-state index contributed by atoms with van der Waals surface area (Å²) in [6.07, 6.45) is -3.37. The SMILES string of the molecule is C[C@H](c1ccccc1)n1cnc2c(nnn2-c2ccc(OC(F)(F)F)cc2)c1=O. The summed E-state index contributed by atoms with van der Waals surface area (Å²) in [5.74, 6) is -0.363. The molecule has 4 rings (SSSR count). The van der Waals surface area contributed by atoms with Crippen molar-refractivity contribution in [1.29, 1.82) is 0 Å². The zero-order chi connectivity index (χ0) is 20.6. The lowest BCUT2D eigenvalue weighted by molar-refractivity contribution is -0.274. The summed E-state index contributed by atoms with van der Waals surface area (Å²) in [5.41, 5.74) is 1.22. The maximum absolute atomic E-state index is 12.9. The Kier molecular flexibility index (Phi) is 4.53. The molecule has 10 heteroatoms. The lowest BCUT2D eigenvalue weighted by Gasteiger charge is -2.14. The van der Waals surface area contributed by atoms with Crippen molar-refractivity contribution in [1.82, 2.24) is 24.5 Å². The third-order valence-corrected chi connectivity index (χ3v) is 4.40. The number of hydrogen-bond donors (Lipinski definition) is 0. The summed E-state index contributed by atoms with van der Waals surface area (Å²) < 4.78 is 43.5. The van der Waals surface area contributed by atoms with E-state index in [1.54, 1.807) is 0 Å². The summed E-state index contributed by atoms with van der Waals surface area (Å²) in [6.45, 7) is 1.87. The number of nitrogens with zero attached hydrogens (tertiary/aromatic N) is 5. The maximum atomic E-state index is 12.9. The van der Waals surface area contributed by atoms with Gasteiger partial charge < -0.3 is 4.74 Å². The number of benzene rings is 2. The normalized spacial score (nSPS) is 12.8. The van der Waals surface area contributed by atoms with Crippen molar-refractivity contribution in [3.63, 3.8) is 0 Å². The molecule has 0 unspecified atom stereocenters. The number of aromatic nitrogens is 5. The molecule has 0 aliphatic rings. The highest BCUT2D eigenvalue weighted by atomic mass is 19.4. The van der Waals surface area contributed by atoms with Crippen LogP contribution in [0, 0.1) is 0 Å². The molecule has 1 atom stereocenters. The Bertz CT molecular complexity index is 1200. The Balaban J connectivity index is 1.70. The average Bonchev–Trinajstić information content (AvgIpc) is 3.13. The van der Waals surface area contributed by atoms with Gasteiger partial charge in [-0.25, -0.2) is 4.98 Å². The smallest absolute Gasteiger partial charge is 0.406 e. The van der Waals surface area contributed by atoms with Crippen LogP contribution in [-0.2, 0) is 0 Å². The monoisotopic (exact) mass is 401 g/mol. The van der Waals surface area contributed by atoms with Gasteiger partial charge in [-0.15, -0.1) is 18.3 Å². The molecule has 2 aromatic heterocycles. The van der Waals surface area contributed by atoms with Crippen LogP contribution >= 0.6 is 0 Å². The van der Waals surface area contributed by atoms with Crippen molar-refractivity contribution in [2.45, 2.75) is 19.3 Å². The summed E-state index contributed by atoms with van der Waals surface area (Å²) in [7, 11) is 0. The van der Waals surface area contributed by atoms with E-state index >= 15 is 0 Å². The number of fused-ring (bicyclic) bond motifs is 1. The van der Waals surface area contributed by atoms with Gasteiger partial charge in [0.2, 0.25) is 0 Å². The molecule has 0 amide bonds. The van der Waals surface area contributed by atoms with Crippen LogP contribution in [0.3, 0.4) is 0 Å².